The number of imidazole rings is 1. The van der Waals surface area contributed by atoms with E-state index in [2.05, 4.69) is 35.1 Å². The molecule has 1 aliphatic rings. The SMILES string of the molecule is CC.Cc1nc2c(F)cc(-c3nc(Nc4ccc(CN5CCN(CCCN)CC5)cn4)ncc3F)cc2n1C(C)C. The standard InChI is InChI=1S/C28H35F2N9.C2H6/c1-18(2)39-19(3)34-27-22(29)13-21(14-24(27)39)26-23(30)16-33-28(36-26)35-25-6-5-20(15-32-25)17-38-11-9-37(10-12-38)8-4-7-31;1-2/h5-6,13-16,18H,4,7-12,17,31H2,1-3H3,(H,32,33,35,36);1-2H3. The number of pyridine rings is 1. The summed E-state index contributed by atoms with van der Waals surface area (Å²) < 4.78 is 31.7. The molecule has 3 N–H and O–H groups in total. The first-order chi connectivity index (χ1) is 19.8. The molecule has 0 saturated carbocycles. The minimum Gasteiger partial charge on any atom is -0.330 e. The predicted octanol–water partition coefficient (Wildman–Crippen LogP) is 5.29. The first-order valence-corrected chi connectivity index (χ1v) is 14.4. The van der Waals surface area contributed by atoms with Gasteiger partial charge in [0, 0.05) is 50.5 Å². The van der Waals surface area contributed by atoms with Crippen LogP contribution in [0.4, 0.5) is 20.5 Å². The Hall–Kier alpha value is -3.54. The molecule has 5 rings (SSSR count). The van der Waals surface area contributed by atoms with E-state index in [-0.39, 0.29) is 23.2 Å². The van der Waals surface area contributed by atoms with Gasteiger partial charge in [0.25, 0.3) is 0 Å². The van der Waals surface area contributed by atoms with Crippen molar-refractivity contribution in [2.45, 2.75) is 53.6 Å². The van der Waals surface area contributed by atoms with Gasteiger partial charge in [0.2, 0.25) is 5.95 Å². The fourth-order valence-electron chi connectivity index (χ4n) is 5.14. The third-order valence-corrected chi connectivity index (χ3v) is 7.07. The van der Waals surface area contributed by atoms with Gasteiger partial charge in [0.05, 0.1) is 11.7 Å². The van der Waals surface area contributed by atoms with Crippen LogP contribution in [0.25, 0.3) is 22.3 Å². The van der Waals surface area contributed by atoms with Crippen LogP contribution in [0.3, 0.4) is 0 Å². The van der Waals surface area contributed by atoms with E-state index in [4.69, 9.17) is 5.73 Å². The Labute approximate surface area is 240 Å². The van der Waals surface area contributed by atoms with Crippen molar-refractivity contribution in [3.8, 4) is 11.3 Å². The normalized spacial score (nSPS) is 14.4. The number of aryl methyl sites for hydroxylation is 1. The summed E-state index contributed by atoms with van der Waals surface area (Å²) in [5.74, 6) is 0.248. The average Bonchev–Trinajstić information content (AvgIpc) is 3.32. The van der Waals surface area contributed by atoms with E-state index in [1.165, 1.54) is 6.07 Å². The molecule has 9 nitrogen and oxygen atoms in total. The van der Waals surface area contributed by atoms with Crippen LogP contribution in [-0.2, 0) is 6.54 Å². The molecule has 1 fully saturated rings. The highest BCUT2D eigenvalue weighted by Crippen LogP contribution is 2.30. The zero-order valence-electron chi connectivity index (χ0n) is 24.7. The lowest BCUT2D eigenvalue weighted by Crippen LogP contribution is -2.46. The molecular weight excluding hydrogens is 524 g/mol. The molecule has 0 unspecified atom stereocenters. The summed E-state index contributed by atoms with van der Waals surface area (Å²) in [5.41, 5.74) is 7.91. The highest BCUT2D eigenvalue weighted by atomic mass is 19.1. The molecule has 1 saturated heterocycles. The van der Waals surface area contributed by atoms with Crippen molar-refractivity contribution in [2.24, 2.45) is 5.73 Å². The van der Waals surface area contributed by atoms with E-state index in [1.807, 2.05) is 57.5 Å². The highest BCUT2D eigenvalue weighted by molar-refractivity contribution is 5.83. The van der Waals surface area contributed by atoms with Crippen molar-refractivity contribution in [1.29, 1.82) is 0 Å². The van der Waals surface area contributed by atoms with Gasteiger partial charge in [-0.1, -0.05) is 19.9 Å². The molecule has 1 aliphatic heterocycles. The van der Waals surface area contributed by atoms with Gasteiger partial charge in [-0.15, -0.1) is 0 Å². The van der Waals surface area contributed by atoms with E-state index in [0.717, 1.165) is 64.0 Å². The zero-order valence-corrected chi connectivity index (χ0v) is 24.7. The topological polar surface area (TPSA) is 101 Å². The van der Waals surface area contributed by atoms with Crippen LogP contribution in [0, 0.1) is 18.6 Å². The molecule has 0 atom stereocenters. The first kappa shape index (κ1) is 30.4. The number of benzene rings is 1. The average molecular weight is 566 g/mol. The Morgan fingerprint density at radius 2 is 1.68 bits per heavy atom. The van der Waals surface area contributed by atoms with Gasteiger partial charge < -0.3 is 20.5 Å². The second kappa shape index (κ2) is 13.9. The summed E-state index contributed by atoms with van der Waals surface area (Å²) >= 11 is 0. The Morgan fingerprint density at radius 3 is 2.34 bits per heavy atom. The monoisotopic (exact) mass is 565 g/mol. The lowest BCUT2D eigenvalue weighted by atomic mass is 10.1. The molecule has 0 amide bonds. The number of hydrogen-bond donors (Lipinski definition) is 2. The molecule has 4 heterocycles. The number of fused-ring (bicyclic) bond motifs is 1. The van der Waals surface area contributed by atoms with E-state index < -0.39 is 11.6 Å². The Kier molecular flexibility index (Phi) is 10.3. The van der Waals surface area contributed by atoms with Gasteiger partial charge in [-0.05, 0) is 64.0 Å². The zero-order chi connectivity index (χ0) is 29.5. The number of piperazine rings is 1. The number of halogens is 2. The van der Waals surface area contributed by atoms with Crippen molar-refractivity contribution in [2.75, 3.05) is 44.6 Å². The molecule has 1 aromatic carbocycles. The largest absolute Gasteiger partial charge is 0.330 e. The maximum absolute atomic E-state index is 15.0. The molecule has 3 aromatic heterocycles. The number of aromatic nitrogens is 5. The lowest BCUT2D eigenvalue weighted by Gasteiger charge is -2.34. The third-order valence-electron chi connectivity index (χ3n) is 7.07. The predicted molar refractivity (Wildman–Crippen MR) is 160 cm³/mol. The van der Waals surface area contributed by atoms with Crippen LogP contribution in [0.1, 0.15) is 51.5 Å². The number of nitrogens with two attached hydrogens (primary N) is 1. The summed E-state index contributed by atoms with van der Waals surface area (Å²) in [4.78, 5) is 22.2. The van der Waals surface area contributed by atoms with Gasteiger partial charge in [0.1, 0.15) is 22.9 Å². The first-order valence-electron chi connectivity index (χ1n) is 14.4. The fourth-order valence-corrected chi connectivity index (χ4v) is 5.14. The second-order valence-electron chi connectivity index (χ2n) is 10.3. The van der Waals surface area contributed by atoms with Gasteiger partial charge in [-0.25, -0.2) is 28.7 Å². The molecule has 11 heteroatoms. The second-order valence-corrected chi connectivity index (χ2v) is 10.3. The molecule has 0 spiro atoms. The molecular formula is C30H41F2N9. The number of rotatable bonds is 9. The molecule has 0 bridgehead atoms. The van der Waals surface area contributed by atoms with Crippen molar-refractivity contribution in [1.82, 2.24) is 34.3 Å². The van der Waals surface area contributed by atoms with Gasteiger partial charge in [-0.2, -0.15) is 0 Å². The maximum atomic E-state index is 15.0. The summed E-state index contributed by atoms with van der Waals surface area (Å²) in [5, 5.41) is 3.04. The van der Waals surface area contributed by atoms with Crippen LogP contribution >= 0.6 is 0 Å². The Morgan fingerprint density at radius 1 is 0.951 bits per heavy atom. The van der Waals surface area contributed by atoms with Crippen LogP contribution in [0.5, 0.6) is 0 Å². The van der Waals surface area contributed by atoms with Gasteiger partial charge >= 0.3 is 0 Å². The Balaban J connectivity index is 0.00000189. The third kappa shape index (κ3) is 7.22. The molecule has 220 valence electrons. The molecule has 0 aliphatic carbocycles. The molecule has 4 aromatic rings. The number of nitrogens with zero attached hydrogens (tertiary/aromatic N) is 7. The minimum absolute atomic E-state index is 0.00434. The summed E-state index contributed by atoms with van der Waals surface area (Å²) in [7, 11) is 0. The van der Waals surface area contributed by atoms with Crippen LogP contribution in [-0.4, -0.2) is 73.6 Å². The highest BCUT2D eigenvalue weighted by Gasteiger charge is 2.19. The van der Waals surface area contributed by atoms with Crippen LogP contribution in [0.15, 0.2) is 36.7 Å². The Bertz CT molecular complexity index is 1430. The van der Waals surface area contributed by atoms with Gasteiger partial charge in [-0.3, -0.25) is 4.90 Å². The van der Waals surface area contributed by atoms with Crippen molar-refractivity contribution in [3.63, 3.8) is 0 Å². The van der Waals surface area contributed by atoms with E-state index in [1.54, 1.807) is 6.07 Å². The van der Waals surface area contributed by atoms with Gasteiger partial charge in [0.15, 0.2) is 11.6 Å². The molecule has 41 heavy (non-hydrogen) atoms. The quantitative estimate of drug-likeness (QED) is 0.282. The van der Waals surface area contributed by atoms with E-state index in [9.17, 15) is 8.78 Å². The summed E-state index contributed by atoms with van der Waals surface area (Å²) in [6.45, 7) is 16.6. The van der Waals surface area contributed by atoms with Crippen LogP contribution < -0.4 is 11.1 Å². The smallest absolute Gasteiger partial charge is 0.229 e. The lowest BCUT2D eigenvalue weighted by molar-refractivity contribution is 0.126. The summed E-state index contributed by atoms with van der Waals surface area (Å²) in [6.07, 6.45) is 3.94. The van der Waals surface area contributed by atoms with E-state index >= 15 is 0 Å². The number of hydrogen-bond acceptors (Lipinski definition) is 8. The minimum atomic E-state index is -0.641. The number of nitrogens with one attached hydrogen (secondary N) is 1. The summed E-state index contributed by atoms with van der Waals surface area (Å²) in [6, 6.07) is 6.92. The molecule has 0 radical (unpaired) electrons. The number of anilines is 2. The van der Waals surface area contributed by atoms with Crippen LogP contribution in [0.2, 0.25) is 0 Å². The fraction of sp³-hybridized carbons (Fsp3) is 0.467. The maximum Gasteiger partial charge on any atom is 0.229 e. The van der Waals surface area contributed by atoms with E-state index in [0.29, 0.717) is 22.7 Å². The van der Waals surface area contributed by atoms with Crippen molar-refractivity contribution < 1.29 is 8.78 Å². The van der Waals surface area contributed by atoms with Crippen molar-refractivity contribution >= 4 is 22.8 Å². The van der Waals surface area contributed by atoms with Crippen molar-refractivity contribution in [3.05, 3.63) is 59.7 Å².